The van der Waals surface area contributed by atoms with E-state index in [1.54, 1.807) is 7.11 Å². The topological polar surface area (TPSA) is 9.23 Å². The van der Waals surface area contributed by atoms with Gasteiger partial charge in [0.15, 0.2) is 0 Å². The van der Waals surface area contributed by atoms with Gasteiger partial charge in [-0.25, -0.2) is 0 Å². The molecule has 0 saturated carbocycles. The Balaban J connectivity index is 2.97. The monoisotopic (exact) mass is 210 g/mol. The Bertz CT molecular complexity index is 90.6. The molecule has 0 rings (SSSR count). The van der Waals surface area contributed by atoms with E-state index in [9.17, 15) is 0 Å². The van der Waals surface area contributed by atoms with Crippen molar-refractivity contribution in [3.63, 3.8) is 0 Å². The van der Waals surface area contributed by atoms with Gasteiger partial charge in [0.1, 0.15) is 0 Å². The molecule has 0 aliphatic carbocycles. The Labute approximate surface area is 85.2 Å². The Morgan fingerprint density at radius 1 is 1.33 bits per heavy atom. The van der Waals surface area contributed by atoms with Gasteiger partial charge in [-0.2, -0.15) is 11.8 Å². The average molecular weight is 211 g/mol. The summed E-state index contributed by atoms with van der Waals surface area (Å²) < 4.78 is 4.95. The number of methoxy groups -OCH3 is 1. The van der Waals surface area contributed by atoms with E-state index >= 15 is 0 Å². The number of rotatable bonds is 8. The molecule has 0 spiro atoms. The molecular formula is C9H19ClOS. The van der Waals surface area contributed by atoms with Gasteiger partial charge < -0.3 is 4.74 Å². The molecule has 0 radical (unpaired) electrons. The van der Waals surface area contributed by atoms with E-state index in [2.05, 4.69) is 6.92 Å². The Morgan fingerprint density at radius 2 is 2.08 bits per heavy atom. The van der Waals surface area contributed by atoms with Crippen molar-refractivity contribution in [1.29, 1.82) is 0 Å². The van der Waals surface area contributed by atoms with Crippen molar-refractivity contribution in [3.05, 3.63) is 0 Å². The van der Waals surface area contributed by atoms with Crippen LogP contribution < -0.4 is 0 Å². The van der Waals surface area contributed by atoms with E-state index in [0.717, 1.165) is 30.6 Å². The summed E-state index contributed by atoms with van der Waals surface area (Å²) in [5.74, 6) is 3.92. The molecule has 0 N–H and O–H groups in total. The summed E-state index contributed by atoms with van der Waals surface area (Å²) in [5.41, 5.74) is 0. The van der Waals surface area contributed by atoms with Crippen LogP contribution in [0.15, 0.2) is 0 Å². The number of alkyl halides is 1. The van der Waals surface area contributed by atoms with Crippen molar-refractivity contribution in [1.82, 2.24) is 0 Å². The first kappa shape index (κ1) is 12.6. The minimum absolute atomic E-state index is 0.776. The highest BCUT2D eigenvalue weighted by Crippen LogP contribution is 2.12. The van der Waals surface area contributed by atoms with Gasteiger partial charge in [-0.15, -0.1) is 11.6 Å². The van der Waals surface area contributed by atoms with Gasteiger partial charge in [0.05, 0.1) is 6.61 Å². The zero-order valence-corrected chi connectivity index (χ0v) is 9.59. The third-order valence-corrected chi connectivity index (χ3v) is 2.99. The molecule has 1 nitrogen and oxygen atoms in total. The normalized spacial score (nSPS) is 13.2. The van der Waals surface area contributed by atoms with Gasteiger partial charge in [-0.1, -0.05) is 6.92 Å². The van der Waals surface area contributed by atoms with Crippen LogP contribution in [0.2, 0.25) is 0 Å². The van der Waals surface area contributed by atoms with E-state index in [-0.39, 0.29) is 0 Å². The number of hydrogen-bond donors (Lipinski definition) is 0. The predicted molar refractivity (Wildman–Crippen MR) is 58.3 cm³/mol. The van der Waals surface area contributed by atoms with Crippen molar-refractivity contribution in [2.24, 2.45) is 5.92 Å². The van der Waals surface area contributed by atoms with Crippen molar-refractivity contribution >= 4 is 23.4 Å². The van der Waals surface area contributed by atoms with Gasteiger partial charge in [0.2, 0.25) is 0 Å². The second kappa shape index (κ2) is 9.69. The summed E-state index contributed by atoms with van der Waals surface area (Å²) in [5, 5.41) is 0. The van der Waals surface area contributed by atoms with Gasteiger partial charge in [-0.3, -0.25) is 0 Å². The molecule has 1 unspecified atom stereocenters. The van der Waals surface area contributed by atoms with Crippen molar-refractivity contribution in [3.8, 4) is 0 Å². The molecule has 0 aliphatic heterocycles. The van der Waals surface area contributed by atoms with Gasteiger partial charge in [0, 0.05) is 18.7 Å². The molecule has 0 aliphatic rings. The van der Waals surface area contributed by atoms with Crippen LogP contribution in [0.4, 0.5) is 0 Å². The predicted octanol–water partition coefficient (Wildman–Crippen LogP) is 3.02. The molecule has 0 aromatic carbocycles. The zero-order valence-electron chi connectivity index (χ0n) is 8.01. The third kappa shape index (κ3) is 8.69. The van der Waals surface area contributed by atoms with E-state index < -0.39 is 0 Å². The molecule has 1 atom stereocenters. The van der Waals surface area contributed by atoms with Crippen LogP contribution in [0.25, 0.3) is 0 Å². The molecule has 3 heteroatoms. The van der Waals surface area contributed by atoms with E-state index in [1.165, 1.54) is 12.2 Å². The smallest absolute Gasteiger partial charge is 0.0552 e. The summed E-state index contributed by atoms with van der Waals surface area (Å²) >= 11 is 7.60. The lowest BCUT2D eigenvalue weighted by Gasteiger charge is -2.08. The van der Waals surface area contributed by atoms with Crippen molar-refractivity contribution in [2.75, 3.05) is 31.1 Å². The van der Waals surface area contributed by atoms with Gasteiger partial charge in [-0.05, 0) is 24.5 Å². The SMILES string of the molecule is COCCSCCC(C)CCCl. The second-order valence-corrected chi connectivity index (χ2v) is 4.58. The van der Waals surface area contributed by atoms with Gasteiger partial charge >= 0.3 is 0 Å². The molecule has 12 heavy (non-hydrogen) atoms. The summed E-state index contributed by atoms with van der Waals surface area (Å²) in [4.78, 5) is 0. The molecule has 0 bridgehead atoms. The molecular weight excluding hydrogens is 192 g/mol. The Morgan fingerprint density at radius 3 is 2.67 bits per heavy atom. The number of thioether (sulfide) groups is 1. The maximum atomic E-state index is 5.63. The van der Waals surface area contributed by atoms with Crippen molar-refractivity contribution in [2.45, 2.75) is 19.8 Å². The fourth-order valence-corrected chi connectivity index (χ4v) is 2.29. The highest BCUT2D eigenvalue weighted by Gasteiger charge is 2.00. The lowest BCUT2D eigenvalue weighted by molar-refractivity contribution is 0.218. The van der Waals surface area contributed by atoms with Crippen LogP contribution in [0.3, 0.4) is 0 Å². The molecule has 0 fully saturated rings. The maximum absolute atomic E-state index is 5.63. The second-order valence-electron chi connectivity index (χ2n) is 2.98. The number of hydrogen-bond acceptors (Lipinski definition) is 2. The van der Waals surface area contributed by atoms with Crippen LogP contribution in [0.1, 0.15) is 19.8 Å². The molecule has 74 valence electrons. The number of ether oxygens (including phenoxy) is 1. The average Bonchev–Trinajstić information content (AvgIpc) is 2.05. The Hall–Kier alpha value is 0.600. The summed E-state index contributed by atoms with van der Waals surface area (Å²) in [7, 11) is 1.75. The minimum atomic E-state index is 0.776. The fraction of sp³-hybridized carbons (Fsp3) is 1.00. The molecule has 0 saturated heterocycles. The highest BCUT2D eigenvalue weighted by molar-refractivity contribution is 7.99. The quantitative estimate of drug-likeness (QED) is 0.450. The third-order valence-electron chi connectivity index (χ3n) is 1.79. The first-order valence-electron chi connectivity index (χ1n) is 4.44. The lowest BCUT2D eigenvalue weighted by Crippen LogP contribution is -1.99. The summed E-state index contributed by atoms with van der Waals surface area (Å²) in [6.45, 7) is 3.13. The summed E-state index contributed by atoms with van der Waals surface area (Å²) in [6, 6.07) is 0. The van der Waals surface area contributed by atoms with E-state index in [1.807, 2.05) is 11.8 Å². The zero-order chi connectivity index (χ0) is 9.23. The van der Waals surface area contributed by atoms with Crippen LogP contribution in [0.5, 0.6) is 0 Å². The molecule has 0 heterocycles. The molecule has 0 aromatic rings. The number of halogens is 1. The largest absolute Gasteiger partial charge is 0.384 e. The van der Waals surface area contributed by atoms with E-state index in [0.29, 0.717) is 0 Å². The van der Waals surface area contributed by atoms with E-state index in [4.69, 9.17) is 16.3 Å². The standard InChI is InChI=1S/C9H19ClOS/c1-9(3-5-10)4-7-12-8-6-11-2/h9H,3-8H2,1-2H3. The van der Waals surface area contributed by atoms with Crippen LogP contribution in [-0.2, 0) is 4.74 Å². The molecule has 0 amide bonds. The van der Waals surface area contributed by atoms with Crippen molar-refractivity contribution < 1.29 is 4.74 Å². The highest BCUT2D eigenvalue weighted by atomic mass is 35.5. The van der Waals surface area contributed by atoms with Crippen LogP contribution in [-0.4, -0.2) is 31.1 Å². The lowest BCUT2D eigenvalue weighted by atomic mass is 10.1. The van der Waals surface area contributed by atoms with Crippen LogP contribution >= 0.6 is 23.4 Å². The summed E-state index contributed by atoms with van der Waals surface area (Å²) in [6.07, 6.45) is 2.42. The first-order valence-corrected chi connectivity index (χ1v) is 6.12. The fourth-order valence-electron chi connectivity index (χ4n) is 0.859. The molecule has 0 aromatic heterocycles. The van der Waals surface area contributed by atoms with Crippen LogP contribution in [0, 0.1) is 5.92 Å². The minimum Gasteiger partial charge on any atom is -0.384 e. The Kier molecular flexibility index (Phi) is 10.2. The first-order chi connectivity index (χ1) is 5.81. The maximum Gasteiger partial charge on any atom is 0.0552 e. The van der Waals surface area contributed by atoms with Gasteiger partial charge in [0.25, 0.3) is 0 Å².